The molecular formula is C19H20N4O3. The molecule has 0 saturated carbocycles. The van der Waals surface area contributed by atoms with Gasteiger partial charge in [0.05, 0.1) is 6.20 Å². The van der Waals surface area contributed by atoms with Gasteiger partial charge in [-0.2, -0.15) is 5.10 Å². The second-order valence-corrected chi connectivity index (χ2v) is 5.81. The minimum absolute atomic E-state index is 0.0518. The highest BCUT2D eigenvalue weighted by molar-refractivity contribution is 5.77. The molecule has 7 heteroatoms. The lowest BCUT2D eigenvalue weighted by atomic mass is 10.3. The van der Waals surface area contributed by atoms with E-state index in [2.05, 4.69) is 10.1 Å². The minimum Gasteiger partial charge on any atom is -0.484 e. The molecule has 0 N–H and O–H groups in total. The van der Waals surface area contributed by atoms with E-state index >= 15 is 0 Å². The standard InChI is InChI=1S/C19H20N4O3/c1-22(12-15-11-21-23(2)13-15)19(24)14-25-16-6-5-7-17(10-16)26-18-8-3-4-9-20-18/h3-11,13H,12,14H2,1-2H3. The monoisotopic (exact) mass is 352 g/mol. The van der Waals surface area contributed by atoms with Gasteiger partial charge in [0.25, 0.3) is 5.91 Å². The van der Waals surface area contributed by atoms with Crippen molar-refractivity contribution in [1.82, 2.24) is 19.7 Å². The first-order valence-corrected chi connectivity index (χ1v) is 8.13. The number of rotatable bonds is 7. The summed E-state index contributed by atoms with van der Waals surface area (Å²) in [5, 5.41) is 4.10. The fourth-order valence-corrected chi connectivity index (χ4v) is 2.33. The van der Waals surface area contributed by atoms with Crippen molar-refractivity contribution in [2.75, 3.05) is 13.7 Å². The maximum absolute atomic E-state index is 12.2. The fraction of sp³-hybridized carbons (Fsp3) is 0.211. The Morgan fingerprint density at radius 3 is 2.77 bits per heavy atom. The number of hydrogen-bond acceptors (Lipinski definition) is 5. The van der Waals surface area contributed by atoms with Crippen molar-refractivity contribution in [3.8, 4) is 17.4 Å². The summed E-state index contributed by atoms with van der Waals surface area (Å²) in [6.07, 6.45) is 5.28. The van der Waals surface area contributed by atoms with E-state index < -0.39 is 0 Å². The van der Waals surface area contributed by atoms with E-state index in [4.69, 9.17) is 9.47 Å². The number of likely N-dealkylation sites (N-methyl/N-ethyl adjacent to an activating group) is 1. The molecule has 0 aliphatic heterocycles. The lowest BCUT2D eigenvalue weighted by Gasteiger charge is -2.16. The highest BCUT2D eigenvalue weighted by Gasteiger charge is 2.11. The van der Waals surface area contributed by atoms with Crippen LogP contribution in [0.5, 0.6) is 17.4 Å². The second kappa shape index (κ2) is 8.15. The first-order chi connectivity index (χ1) is 12.6. The van der Waals surface area contributed by atoms with E-state index in [-0.39, 0.29) is 12.5 Å². The van der Waals surface area contributed by atoms with Crippen molar-refractivity contribution in [3.05, 3.63) is 66.6 Å². The summed E-state index contributed by atoms with van der Waals surface area (Å²) in [7, 11) is 3.58. The highest BCUT2D eigenvalue weighted by atomic mass is 16.5. The van der Waals surface area contributed by atoms with Crippen LogP contribution in [0, 0.1) is 0 Å². The van der Waals surface area contributed by atoms with Crippen LogP contribution in [0.3, 0.4) is 0 Å². The molecular weight excluding hydrogens is 332 g/mol. The van der Waals surface area contributed by atoms with Gasteiger partial charge in [-0.1, -0.05) is 12.1 Å². The lowest BCUT2D eigenvalue weighted by molar-refractivity contribution is -0.132. The number of amides is 1. The molecule has 3 aromatic rings. The maximum atomic E-state index is 12.2. The number of pyridine rings is 1. The van der Waals surface area contributed by atoms with Gasteiger partial charge in [-0.25, -0.2) is 4.98 Å². The third-order valence-corrected chi connectivity index (χ3v) is 3.63. The van der Waals surface area contributed by atoms with E-state index in [0.717, 1.165) is 5.56 Å². The summed E-state index contributed by atoms with van der Waals surface area (Å²) >= 11 is 0. The van der Waals surface area contributed by atoms with Gasteiger partial charge in [0.1, 0.15) is 11.5 Å². The molecule has 3 rings (SSSR count). The Labute approximate surface area is 151 Å². The predicted octanol–water partition coefficient (Wildman–Crippen LogP) is 2.64. The number of ether oxygens (including phenoxy) is 2. The van der Waals surface area contributed by atoms with Crippen molar-refractivity contribution < 1.29 is 14.3 Å². The van der Waals surface area contributed by atoms with Crippen LogP contribution in [0.2, 0.25) is 0 Å². The number of hydrogen-bond donors (Lipinski definition) is 0. The molecule has 26 heavy (non-hydrogen) atoms. The summed E-state index contributed by atoms with van der Waals surface area (Å²) in [5.41, 5.74) is 0.967. The molecule has 134 valence electrons. The van der Waals surface area contributed by atoms with Crippen molar-refractivity contribution in [3.63, 3.8) is 0 Å². The number of carbonyl (C=O) groups is 1. The van der Waals surface area contributed by atoms with Crippen LogP contribution in [0.15, 0.2) is 61.1 Å². The summed E-state index contributed by atoms with van der Waals surface area (Å²) in [5.74, 6) is 1.53. The first kappa shape index (κ1) is 17.5. The summed E-state index contributed by atoms with van der Waals surface area (Å²) < 4.78 is 13.0. The molecule has 0 unspecified atom stereocenters. The number of nitrogens with zero attached hydrogens (tertiary/aromatic N) is 4. The maximum Gasteiger partial charge on any atom is 0.260 e. The Morgan fingerprint density at radius 2 is 2.04 bits per heavy atom. The zero-order valence-corrected chi connectivity index (χ0v) is 14.7. The van der Waals surface area contributed by atoms with Crippen molar-refractivity contribution in [1.29, 1.82) is 0 Å². The predicted molar refractivity (Wildman–Crippen MR) is 95.9 cm³/mol. The van der Waals surface area contributed by atoms with Crippen LogP contribution in [-0.4, -0.2) is 39.2 Å². The molecule has 0 aliphatic rings. The molecule has 0 bridgehead atoms. The Balaban J connectivity index is 1.54. The van der Waals surface area contributed by atoms with Crippen LogP contribution < -0.4 is 9.47 Å². The molecule has 7 nitrogen and oxygen atoms in total. The van der Waals surface area contributed by atoms with Crippen LogP contribution in [0.1, 0.15) is 5.56 Å². The van der Waals surface area contributed by atoms with Gasteiger partial charge in [0, 0.05) is 50.7 Å². The van der Waals surface area contributed by atoms with Gasteiger partial charge >= 0.3 is 0 Å². The van der Waals surface area contributed by atoms with Crippen LogP contribution in [-0.2, 0) is 18.4 Å². The largest absolute Gasteiger partial charge is 0.484 e. The van der Waals surface area contributed by atoms with Gasteiger partial charge in [0.2, 0.25) is 5.88 Å². The van der Waals surface area contributed by atoms with E-state index in [1.165, 1.54) is 0 Å². The van der Waals surface area contributed by atoms with E-state index in [0.29, 0.717) is 23.9 Å². The van der Waals surface area contributed by atoms with Crippen LogP contribution >= 0.6 is 0 Å². The van der Waals surface area contributed by atoms with Gasteiger partial charge in [-0.05, 0) is 18.2 Å². The van der Waals surface area contributed by atoms with Gasteiger partial charge in [0.15, 0.2) is 6.61 Å². The molecule has 0 fully saturated rings. The topological polar surface area (TPSA) is 69.5 Å². The highest BCUT2D eigenvalue weighted by Crippen LogP contribution is 2.23. The fourth-order valence-electron chi connectivity index (χ4n) is 2.33. The van der Waals surface area contributed by atoms with Crippen molar-refractivity contribution in [2.45, 2.75) is 6.54 Å². The minimum atomic E-state index is -0.120. The number of carbonyl (C=O) groups excluding carboxylic acids is 1. The van der Waals surface area contributed by atoms with Gasteiger partial charge in [-0.15, -0.1) is 0 Å². The third kappa shape index (κ3) is 4.83. The normalized spacial score (nSPS) is 10.4. The number of aryl methyl sites for hydroxylation is 1. The van der Waals surface area contributed by atoms with Crippen LogP contribution in [0.25, 0.3) is 0 Å². The molecule has 0 spiro atoms. The third-order valence-electron chi connectivity index (χ3n) is 3.63. The molecule has 2 heterocycles. The SMILES string of the molecule is CN(Cc1cnn(C)c1)C(=O)COc1cccc(Oc2ccccn2)c1. The first-order valence-electron chi connectivity index (χ1n) is 8.13. The molecule has 2 aromatic heterocycles. The average molecular weight is 352 g/mol. The number of benzene rings is 1. The van der Waals surface area contributed by atoms with E-state index in [9.17, 15) is 4.79 Å². The average Bonchev–Trinajstić information content (AvgIpc) is 3.05. The van der Waals surface area contributed by atoms with Gasteiger partial charge in [-0.3, -0.25) is 9.48 Å². The molecule has 0 saturated heterocycles. The number of aromatic nitrogens is 3. The van der Waals surface area contributed by atoms with Gasteiger partial charge < -0.3 is 14.4 Å². The Morgan fingerprint density at radius 1 is 1.19 bits per heavy atom. The quantitative estimate of drug-likeness (QED) is 0.654. The summed E-state index contributed by atoms with van der Waals surface area (Å²) in [6, 6.07) is 12.5. The second-order valence-electron chi connectivity index (χ2n) is 5.81. The van der Waals surface area contributed by atoms with Crippen molar-refractivity contribution in [2.24, 2.45) is 7.05 Å². The Kier molecular flexibility index (Phi) is 5.48. The Bertz CT molecular complexity index is 864. The molecule has 1 aromatic carbocycles. The van der Waals surface area contributed by atoms with E-state index in [1.807, 2.05) is 25.4 Å². The molecule has 0 atom stereocenters. The smallest absolute Gasteiger partial charge is 0.260 e. The van der Waals surface area contributed by atoms with E-state index in [1.54, 1.807) is 59.4 Å². The molecule has 0 radical (unpaired) electrons. The van der Waals surface area contributed by atoms with Crippen LogP contribution in [0.4, 0.5) is 0 Å². The Hall–Kier alpha value is -3.35. The zero-order valence-electron chi connectivity index (χ0n) is 14.7. The zero-order chi connectivity index (χ0) is 18.4. The summed E-state index contributed by atoms with van der Waals surface area (Å²) in [4.78, 5) is 18.0. The lowest BCUT2D eigenvalue weighted by Crippen LogP contribution is -2.30. The molecule has 0 aliphatic carbocycles. The molecule has 1 amide bonds. The van der Waals surface area contributed by atoms with Crippen molar-refractivity contribution >= 4 is 5.91 Å². The summed E-state index contributed by atoms with van der Waals surface area (Å²) in [6.45, 7) is 0.433.